The van der Waals surface area contributed by atoms with Crippen LogP contribution in [0.3, 0.4) is 0 Å². The zero-order valence-corrected chi connectivity index (χ0v) is 12.2. The minimum Gasteiger partial charge on any atom is -0.497 e. The molecule has 3 aromatic rings. The summed E-state index contributed by atoms with van der Waals surface area (Å²) >= 11 is 0. The molecule has 0 saturated heterocycles. The number of rotatable bonds is 6. The molecule has 0 radical (unpaired) electrons. The second-order valence-corrected chi connectivity index (χ2v) is 4.89. The first kappa shape index (κ1) is 14.3. The Balaban J connectivity index is 1.82. The molecule has 0 amide bonds. The summed E-state index contributed by atoms with van der Waals surface area (Å²) in [5, 5.41) is 8.22. The molecular formula is C16H17N3O3. The number of furan rings is 1. The van der Waals surface area contributed by atoms with Gasteiger partial charge in [0.25, 0.3) is 0 Å². The Morgan fingerprint density at radius 1 is 1.23 bits per heavy atom. The molecule has 2 heterocycles. The van der Waals surface area contributed by atoms with Crippen molar-refractivity contribution in [2.45, 2.75) is 12.3 Å². The number of nitrogens with zero attached hydrogens (tertiary/aromatic N) is 2. The highest BCUT2D eigenvalue weighted by Gasteiger charge is 2.20. The Labute approximate surface area is 127 Å². The molecule has 0 aliphatic rings. The van der Waals surface area contributed by atoms with Crippen molar-refractivity contribution in [1.82, 2.24) is 10.2 Å². The van der Waals surface area contributed by atoms with Gasteiger partial charge in [-0.25, -0.2) is 0 Å². The van der Waals surface area contributed by atoms with Gasteiger partial charge < -0.3 is 19.3 Å². The molecule has 0 saturated carbocycles. The van der Waals surface area contributed by atoms with Crippen LogP contribution >= 0.6 is 0 Å². The van der Waals surface area contributed by atoms with Crippen molar-refractivity contribution in [2.24, 2.45) is 5.73 Å². The van der Waals surface area contributed by atoms with Crippen LogP contribution in [0.4, 0.5) is 0 Å². The molecule has 0 spiro atoms. The van der Waals surface area contributed by atoms with Crippen LogP contribution in [0.5, 0.6) is 5.75 Å². The summed E-state index contributed by atoms with van der Waals surface area (Å²) < 4.78 is 16.3. The number of hydrogen-bond acceptors (Lipinski definition) is 6. The lowest BCUT2D eigenvalue weighted by molar-refractivity contribution is 0.413. The first-order valence-corrected chi connectivity index (χ1v) is 7.00. The topological polar surface area (TPSA) is 87.3 Å². The predicted octanol–water partition coefficient (Wildman–Crippen LogP) is 2.62. The van der Waals surface area contributed by atoms with Crippen molar-refractivity contribution in [3.8, 4) is 17.2 Å². The summed E-state index contributed by atoms with van der Waals surface area (Å²) in [4.78, 5) is 0. The van der Waals surface area contributed by atoms with Gasteiger partial charge in [-0.05, 0) is 30.3 Å². The van der Waals surface area contributed by atoms with Gasteiger partial charge in [-0.15, -0.1) is 10.2 Å². The zero-order valence-electron chi connectivity index (χ0n) is 12.2. The molecule has 22 heavy (non-hydrogen) atoms. The number of aromatic nitrogens is 2. The van der Waals surface area contributed by atoms with Crippen LogP contribution in [-0.4, -0.2) is 23.9 Å². The second kappa shape index (κ2) is 6.44. The van der Waals surface area contributed by atoms with Gasteiger partial charge in [-0.2, -0.15) is 0 Å². The summed E-state index contributed by atoms with van der Waals surface area (Å²) in [6.45, 7) is 0.403. The average molecular weight is 299 g/mol. The van der Waals surface area contributed by atoms with Crippen LogP contribution in [0.15, 0.2) is 51.5 Å². The standard InChI is InChI=1S/C16H17N3O3/c1-20-13-5-2-4-11(8-13)15-18-19-16(22-15)12(10-17)9-14-6-3-7-21-14/h2-8,12H,9-10,17H2,1H3. The minimum absolute atomic E-state index is 0.0713. The fourth-order valence-corrected chi connectivity index (χ4v) is 2.22. The molecule has 2 N–H and O–H groups in total. The van der Waals surface area contributed by atoms with Crippen LogP contribution in [0.2, 0.25) is 0 Å². The van der Waals surface area contributed by atoms with Crippen LogP contribution in [0.1, 0.15) is 17.6 Å². The molecule has 6 nitrogen and oxygen atoms in total. The maximum atomic E-state index is 5.83. The normalized spacial score (nSPS) is 12.3. The van der Waals surface area contributed by atoms with Crippen LogP contribution in [0.25, 0.3) is 11.5 Å². The lowest BCUT2D eigenvalue weighted by Gasteiger charge is -2.07. The molecule has 6 heteroatoms. The molecule has 0 aliphatic heterocycles. The van der Waals surface area contributed by atoms with Crippen LogP contribution < -0.4 is 10.5 Å². The second-order valence-electron chi connectivity index (χ2n) is 4.89. The Morgan fingerprint density at radius 3 is 2.86 bits per heavy atom. The highest BCUT2D eigenvalue weighted by atomic mass is 16.5. The van der Waals surface area contributed by atoms with Crippen molar-refractivity contribution in [3.05, 3.63) is 54.3 Å². The summed E-state index contributed by atoms with van der Waals surface area (Å²) in [6, 6.07) is 11.2. The Hall–Kier alpha value is -2.60. The molecule has 1 aromatic carbocycles. The SMILES string of the molecule is COc1cccc(-c2nnc(C(CN)Cc3ccco3)o2)c1. The zero-order chi connectivity index (χ0) is 15.4. The lowest BCUT2D eigenvalue weighted by atomic mass is 10.0. The van der Waals surface area contributed by atoms with Crippen molar-refractivity contribution in [3.63, 3.8) is 0 Å². The van der Waals surface area contributed by atoms with Gasteiger partial charge in [0, 0.05) is 18.5 Å². The number of ether oxygens (including phenoxy) is 1. The van der Waals surface area contributed by atoms with Crippen molar-refractivity contribution in [2.75, 3.05) is 13.7 Å². The van der Waals surface area contributed by atoms with Crippen molar-refractivity contribution in [1.29, 1.82) is 0 Å². The maximum Gasteiger partial charge on any atom is 0.247 e. The van der Waals surface area contributed by atoms with E-state index in [9.17, 15) is 0 Å². The van der Waals surface area contributed by atoms with E-state index in [1.165, 1.54) is 0 Å². The van der Waals surface area contributed by atoms with Crippen LogP contribution in [0, 0.1) is 0 Å². The largest absolute Gasteiger partial charge is 0.497 e. The quantitative estimate of drug-likeness (QED) is 0.753. The van der Waals surface area contributed by atoms with Gasteiger partial charge >= 0.3 is 0 Å². The van der Waals surface area contributed by atoms with E-state index in [0.717, 1.165) is 17.1 Å². The van der Waals surface area contributed by atoms with E-state index in [1.807, 2.05) is 36.4 Å². The van der Waals surface area contributed by atoms with Gasteiger partial charge in [0.15, 0.2) is 0 Å². The summed E-state index contributed by atoms with van der Waals surface area (Å²) in [5.41, 5.74) is 6.64. The van der Waals surface area contributed by atoms with E-state index in [2.05, 4.69) is 10.2 Å². The Kier molecular flexibility index (Phi) is 4.20. The highest BCUT2D eigenvalue weighted by Crippen LogP contribution is 2.26. The van der Waals surface area contributed by atoms with Gasteiger partial charge in [0.1, 0.15) is 11.5 Å². The van der Waals surface area contributed by atoms with E-state index in [0.29, 0.717) is 24.7 Å². The molecule has 1 atom stereocenters. The van der Waals surface area contributed by atoms with Crippen LogP contribution in [-0.2, 0) is 6.42 Å². The third-order valence-corrected chi connectivity index (χ3v) is 3.42. The van der Waals surface area contributed by atoms with Gasteiger partial charge in [-0.3, -0.25) is 0 Å². The number of benzene rings is 1. The maximum absolute atomic E-state index is 5.83. The van der Waals surface area contributed by atoms with E-state index < -0.39 is 0 Å². The third kappa shape index (κ3) is 3.01. The van der Waals surface area contributed by atoms with Crippen molar-refractivity contribution >= 4 is 0 Å². The summed E-state index contributed by atoms with van der Waals surface area (Å²) in [5.74, 6) is 2.47. The molecule has 0 bridgehead atoms. The average Bonchev–Trinajstić information content (AvgIpc) is 3.24. The fourth-order valence-electron chi connectivity index (χ4n) is 2.22. The number of methoxy groups -OCH3 is 1. The van der Waals surface area contributed by atoms with Gasteiger partial charge in [-0.1, -0.05) is 6.07 Å². The summed E-state index contributed by atoms with van der Waals surface area (Å²) in [6.07, 6.45) is 2.27. The van der Waals surface area contributed by atoms with E-state index in [-0.39, 0.29) is 5.92 Å². The smallest absolute Gasteiger partial charge is 0.247 e. The predicted molar refractivity (Wildman–Crippen MR) is 80.5 cm³/mol. The first-order valence-electron chi connectivity index (χ1n) is 7.00. The summed E-state index contributed by atoms with van der Waals surface area (Å²) in [7, 11) is 1.62. The monoisotopic (exact) mass is 299 g/mol. The van der Waals surface area contributed by atoms with Gasteiger partial charge in [0.05, 0.1) is 19.3 Å². The molecule has 3 rings (SSSR count). The molecule has 2 aromatic heterocycles. The number of nitrogens with two attached hydrogens (primary N) is 1. The molecule has 0 aliphatic carbocycles. The fraction of sp³-hybridized carbons (Fsp3) is 0.250. The Bertz CT molecular complexity index is 722. The molecule has 1 unspecified atom stereocenters. The van der Waals surface area contributed by atoms with E-state index >= 15 is 0 Å². The Morgan fingerprint density at radius 2 is 2.14 bits per heavy atom. The third-order valence-electron chi connectivity index (χ3n) is 3.42. The first-order chi connectivity index (χ1) is 10.8. The highest BCUT2D eigenvalue weighted by molar-refractivity contribution is 5.55. The van der Waals surface area contributed by atoms with Crippen molar-refractivity contribution < 1.29 is 13.6 Å². The van der Waals surface area contributed by atoms with E-state index in [4.69, 9.17) is 19.3 Å². The lowest BCUT2D eigenvalue weighted by Crippen LogP contribution is -2.15. The molecule has 114 valence electrons. The molecular weight excluding hydrogens is 282 g/mol. The van der Waals surface area contributed by atoms with E-state index in [1.54, 1.807) is 13.4 Å². The molecule has 0 fully saturated rings. The number of hydrogen-bond donors (Lipinski definition) is 1. The van der Waals surface area contributed by atoms with Gasteiger partial charge in [0.2, 0.25) is 11.8 Å². The minimum atomic E-state index is -0.0713.